The van der Waals surface area contributed by atoms with E-state index in [-0.39, 0.29) is 11.4 Å². The van der Waals surface area contributed by atoms with Crippen LogP contribution in [0.15, 0.2) is 33.5 Å². The lowest BCUT2D eigenvalue weighted by Crippen LogP contribution is -1.98. The Morgan fingerprint density at radius 2 is 2.08 bits per heavy atom. The molecule has 66 valence electrons. The summed E-state index contributed by atoms with van der Waals surface area (Å²) < 4.78 is 4.95. The van der Waals surface area contributed by atoms with E-state index in [4.69, 9.17) is 9.52 Å². The van der Waals surface area contributed by atoms with Gasteiger partial charge >= 0.3 is 0 Å². The first kappa shape index (κ1) is 7.86. The number of aromatic hydroxyl groups is 1. The summed E-state index contributed by atoms with van der Waals surface area (Å²) in [5.41, 5.74) is 1.18. The summed E-state index contributed by atoms with van der Waals surface area (Å²) in [4.78, 5) is 11.3. The maximum Gasteiger partial charge on any atom is 0.286 e. The molecule has 0 saturated heterocycles. The number of hydrogen-bond acceptors (Lipinski definition) is 3. The SMILES string of the molecule is Cc1ccc2oc(O)cc(=O)c2c1. The van der Waals surface area contributed by atoms with Crippen LogP contribution in [0.3, 0.4) is 0 Å². The molecular weight excluding hydrogens is 168 g/mol. The Kier molecular flexibility index (Phi) is 1.59. The highest BCUT2D eigenvalue weighted by molar-refractivity contribution is 5.77. The first-order valence-electron chi connectivity index (χ1n) is 3.90. The van der Waals surface area contributed by atoms with Crippen molar-refractivity contribution in [1.82, 2.24) is 0 Å². The van der Waals surface area contributed by atoms with E-state index >= 15 is 0 Å². The molecule has 0 unspecified atom stereocenters. The lowest BCUT2D eigenvalue weighted by Gasteiger charge is -1.97. The standard InChI is InChI=1S/C10H8O3/c1-6-2-3-9-7(4-6)8(11)5-10(12)13-9/h2-5,12H,1H3. The quantitative estimate of drug-likeness (QED) is 0.665. The first-order chi connectivity index (χ1) is 6.16. The minimum absolute atomic E-state index is 0.220. The summed E-state index contributed by atoms with van der Waals surface area (Å²) >= 11 is 0. The maximum atomic E-state index is 11.3. The van der Waals surface area contributed by atoms with Gasteiger partial charge in [-0.2, -0.15) is 0 Å². The molecule has 0 bridgehead atoms. The van der Waals surface area contributed by atoms with Crippen LogP contribution < -0.4 is 5.43 Å². The predicted molar refractivity (Wildman–Crippen MR) is 48.9 cm³/mol. The molecule has 2 aromatic rings. The Morgan fingerprint density at radius 1 is 1.31 bits per heavy atom. The van der Waals surface area contributed by atoms with Crippen LogP contribution in [0, 0.1) is 6.92 Å². The molecular formula is C10H8O3. The van der Waals surface area contributed by atoms with Crippen LogP contribution in [0.5, 0.6) is 5.95 Å². The highest BCUT2D eigenvalue weighted by Gasteiger charge is 2.02. The van der Waals surface area contributed by atoms with Crippen LogP contribution in [0.1, 0.15) is 5.56 Å². The molecule has 1 N–H and O–H groups in total. The average Bonchev–Trinajstić information content (AvgIpc) is 2.06. The second kappa shape index (κ2) is 2.62. The van der Waals surface area contributed by atoms with Crippen LogP contribution in [0.4, 0.5) is 0 Å². The van der Waals surface area contributed by atoms with Gasteiger partial charge < -0.3 is 9.52 Å². The van der Waals surface area contributed by atoms with Crippen molar-refractivity contribution >= 4 is 11.0 Å². The zero-order valence-corrected chi connectivity index (χ0v) is 7.07. The molecule has 2 rings (SSSR count). The third kappa shape index (κ3) is 1.28. The van der Waals surface area contributed by atoms with Gasteiger partial charge in [0.05, 0.1) is 11.5 Å². The molecule has 1 heterocycles. The molecule has 1 aromatic carbocycles. The summed E-state index contributed by atoms with van der Waals surface area (Å²) in [6.07, 6.45) is 0. The van der Waals surface area contributed by atoms with Gasteiger partial charge in [-0.3, -0.25) is 4.79 Å². The third-order valence-electron chi connectivity index (χ3n) is 1.87. The molecule has 0 aliphatic rings. The number of aryl methyl sites for hydroxylation is 1. The number of rotatable bonds is 0. The highest BCUT2D eigenvalue weighted by atomic mass is 16.5. The normalized spacial score (nSPS) is 10.5. The Labute approximate surface area is 74.2 Å². The molecule has 0 aliphatic carbocycles. The van der Waals surface area contributed by atoms with Gasteiger partial charge in [-0.05, 0) is 19.1 Å². The Hall–Kier alpha value is -1.77. The van der Waals surface area contributed by atoms with E-state index in [1.165, 1.54) is 0 Å². The van der Waals surface area contributed by atoms with Crippen LogP contribution >= 0.6 is 0 Å². The molecule has 0 spiro atoms. The maximum absolute atomic E-state index is 11.3. The zero-order chi connectivity index (χ0) is 9.42. The van der Waals surface area contributed by atoms with Crippen molar-refractivity contribution in [2.45, 2.75) is 6.92 Å². The second-order valence-electron chi connectivity index (χ2n) is 2.95. The summed E-state index contributed by atoms with van der Waals surface area (Å²) in [5.74, 6) is -0.346. The van der Waals surface area contributed by atoms with E-state index < -0.39 is 0 Å². The van der Waals surface area contributed by atoms with E-state index in [0.717, 1.165) is 11.6 Å². The van der Waals surface area contributed by atoms with Gasteiger partial charge in [-0.25, -0.2) is 0 Å². The smallest absolute Gasteiger partial charge is 0.286 e. The molecule has 0 radical (unpaired) electrons. The lowest BCUT2D eigenvalue weighted by molar-refractivity contribution is 0.339. The van der Waals surface area contributed by atoms with Gasteiger partial charge in [0.15, 0.2) is 5.43 Å². The van der Waals surface area contributed by atoms with Crippen molar-refractivity contribution in [2.24, 2.45) is 0 Å². The van der Waals surface area contributed by atoms with E-state index in [1.807, 2.05) is 13.0 Å². The molecule has 0 amide bonds. The Bertz CT molecular complexity index is 511. The first-order valence-corrected chi connectivity index (χ1v) is 3.90. The molecule has 0 aliphatic heterocycles. The monoisotopic (exact) mass is 176 g/mol. The van der Waals surface area contributed by atoms with Gasteiger partial charge in [-0.1, -0.05) is 11.6 Å². The minimum atomic E-state index is -0.346. The van der Waals surface area contributed by atoms with Gasteiger partial charge in [0.1, 0.15) is 5.58 Å². The van der Waals surface area contributed by atoms with Crippen molar-refractivity contribution in [2.75, 3.05) is 0 Å². The van der Waals surface area contributed by atoms with Crippen LogP contribution in [0.2, 0.25) is 0 Å². The largest absolute Gasteiger partial charge is 0.481 e. The minimum Gasteiger partial charge on any atom is -0.481 e. The van der Waals surface area contributed by atoms with Gasteiger partial charge in [0, 0.05) is 0 Å². The van der Waals surface area contributed by atoms with Crippen molar-refractivity contribution < 1.29 is 9.52 Å². The van der Waals surface area contributed by atoms with Gasteiger partial charge in [-0.15, -0.1) is 0 Å². The molecule has 0 saturated carbocycles. The van der Waals surface area contributed by atoms with Gasteiger partial charge in [0.2, 0.25) is 0 Å². The summed E-state index contributed by atoms with van der Waals surface area (Å²) in [6.45, 7) is 1.89. The van der Waals surface area contributed by atoms with Crippen molar-refractivity contribution in [3.8, 4) is 5.95 Å². The fourth-order valence-corrected chi connectivity index (χ4v) is 1.26. The highest BCUT2D eigenvalue weighted by Crippen LogP contribution is 2.16. The van der Waals surface area contributed by atoms with E-state index in [1.54, 1.807) is 12.1 Å². The molecule has 0 fully saturated rings. The topological polar surface area (TPSA) is 50.4 Å². The molecule has 0 atom stereocenters. The second-order valence-corrected chi connectivity index (χ2v) is 2.95. The van der Waals surface area contributed by atoms with Crippen LogP contribution in [0.25, 0.3) is 11.0 Å². The average molecular weight is 176 g/mol. The molecule has 3 nitrogen and oxygen atoms in total. The predicted octanol–water partition coefficient (Wildman–Crippen LogP) is 1.81. The summed E-state index contributed by atoms with van der Waals surface area (Å²) in [7, 11) is 0. The van der Waals surface area contributed by atoms with Crippen molar-refractivity contribution in [3.63, 3.8) is 0 Å². The van der Waals surface area contributed by atoms with Crippen molar-refractivity contribution in [3.05, 3.63) is 40.1 Å². The fraction of sp³-hybridized carbons (Fsp3) is 0.100. The Balaban J connectivity index is 2.95. The van der Waals surface area contributed by atoms with E-state index in [9.17, 15) is 4.79 Å². The lowest BCUT2D eigenvalue weighted by atomic mass is 10.1. The summed E-state index contributed by atoms with van der Waals surface area (Å²) in [5, 5.41) is 9.51. The molecule has 13 heavy (non-hydrogen) atoms. The van der Waals surface area contributed by atoms with Crippen molar-refractivity contribution in [1.29, 1.82) is 0 Å². The van der Waals surface area contributed by atoms with Crippen LogP contribution in [-0.4, -0.2) is 5.11 Å². The Morgan fingerprint density at radius 3 is 2.85 bits per heavy atom. The van der Waals surface area contributed by atoms with E-state index in [0.29, 0.717) is 11.0 Å². The number of benzene rings is 1. The zero-order valence-electron chi connectivity index (χ0n) is 7.07. The fourth-order valence-electron chi connectivity index (χ4n) is 1.26. The molecule has 1 aromatic heterocycles. The van der Waals surface area contributed by atoms with Crippen LogP contribution in [-0.2, 0) is 0 Å². The van der Waals surface area contributed by atoms with Gasteiger partial charge in [0.25, 0.3) is 5.95 Å². The number of fused-ring (bicyclic) bond motifs is 1. The van der Waals surface area contributed by atoms with E-state index in [2.05, 4.69) is 0 Å². The number of hydrogen-bond donors (Lipinski definition) is 1. The molecule has 3 heteroatoms. The summed E-state index contributed by atoms with van der Waals surface area (Å²) in [6, 6.07) is 6.30. The third-order valence-corrected chi connectivity index (χ3v) is 1.87.